The highest BCUT2D eigenvalue weighted by atomic mass is 16.3. The van der Waals surface area contributed by atoms with Gasteiger partial charge in [-0.25, -0.2) is 5.01 Å². The van der Waals surface area contributed by atoms with Gasteiger partial charge in [0.1, 0.15) is 0 Å². The summed E-state index contributed by atoms with van der Waals surface area (Å²) in [6, 6.07) is 0. The third-order valence-corrected chi connectivity index (χ3v) is 1.44. The fourth-order valence-corrected chi connectivity index (χ4v) is 0.900. The molecule has 0 radical (unpaired) electrons. The summed E-state index contributed by atoms with van der Waals surface area (Å²) in [4.78, 5) is 11.0. The van der Waals surface area contributed by atoms with Crippen molar-refractivity contribution in [3.05, 3.63) is 0 Å². The second-order valence-corrected chi connectivity index (χ2v) is 2.78. The number of aliphatic hydroxyl groups is 1. The van der Waals surface area contributed by atoms with E-state index in [0.29, 0.717) is 12.8 Å². The topological polar surface area (TPSA) is 52.6 Å². The molecular formula is C8H18N2O2. The number of aliphatic hydroxyl groups excluding tert-OH is 1. The van der Waals surface area contributed by atoms with Crippen molar-refractivity contribution in [3.8, 4) is 0 Å². The largest absolute Gasteiger partial charge is 0.396 e. The van der Waals surface area contributed by atoms with Crippen LogP contribution in [0.1, 0.15) is 26.2 Å². The predicted octanol–water partition coefficient (Wildman–Crippen LogP) is 0.132. The lowest BCUT2D eigenvalue weighted by atomic mass is 10.3. The Balaban J connectivity index is 3.40. The molecule has 72 valence electrons. The van der Waals surface area contributed by atoms with Crippen molar-refractivity contribution >= 4 is 5.91 Å². The SMILES string of the molecule is CCCN(C)NC(=O)CCCO. The molecule has 0 saturated carbocycles. The Morgan fingerprint density at radius 2 is 2.25 bits per heavy atom. The van der Waals surface area contributed by atoms with Gasteiger partial charge < -0.3 is 5.11 Å². The van der Waals surface area contributed by atoms with Gasteiger partial charge in [0.05, 0.1) is 0 Å². The maximum absolute atomic E-state index is 11.0. The monoisotopic (exact) mass is 174 g/mol. The van der Waals surface area contributed by atoms with Crippen molar-refractivity contribution in [3.63, 3.8) is 0 Å². The molecule has 0 unspecified atom stereocenters. The molecule has 0 spiro atoms. The predicted molar refractivity (Wildman–Crippen MR) is 47.4 cm³/mol. The zero-order valence-electron chi connectivity index (χ0n) is 7.84. The van der Waals surface area contributed by atoms with Gasteiger partial charge >= 0.3 is 0 Å². The first-order valence-electron chi connectivity index (χ1n) is 4.32. The number of hydrogen-bond acceptors (Lipinski definition) is 3. The Kier molecular flexibility index (Phi) is 6.70. The van der Waals surface area contributed by atoms with Gasteiger partial charge in [0.25, 0.3) is 0 Å². The number of rotatable bonds is 6. The summed E-state index contributed by atoms with van der Waals surface area (Å²) in [7, 11) is 1.83. The van der Waals surface area contributed by atoms with Crippen molar-refractivity contribution < 1.29 is 9.90 Å². The van der Waals surface area contributed by atoms with E-state index in [9.17, 15) is 4.79 Å². The van der Waals surface area contributed by atoms with E-state index in [1.807, 2.05) is 7.05 Å². The van der Waals surface area contributed by atoms with E-state index in [1.54, 1.807) is 5.01 Å². The van der Waals surface area contributed by atoms with Crippen LogP contribution in [-0.2, 0) is 4.79 Å². The summed E-state index contributed by atoms with van der Waals surface area (Å²) >= 11 is 0. The lowest BCUT2D eigenvalue weighted by Gasteiger charge is -2.16. The van der Waals surface area contributed by atoms with Crippen molar-refractivity contribution in [1.82, 2.24) is 10.4 Å². The van der Waals surface area contributed by atoms with E-state index in [0.717, 1.165) is 13.0 Å². The van der Waals surface area contributed by atoms with E-state index in [-0.39, 0.29) is 12.5 Å². The van der Waals surface area contributed by atoms with Crippen molar-refractivity contribution in [2.75, 3.05) is 20.2 Å². The van der Waals surface area contributed by atoms with Gasteiger partial charge in [-0.1, -0.05) is 6.92 Å². The average molecular weight is 174 g/mol. The average Bonchev–Trinajstić information content (AvgIpc) is 2.01. The van der Waals surface area contributed by atoms with Gasteiger partial charge in [0.15, 0.2) is 0 Å². The summed E-state index contributed by atoms with van der Waals surface area (Å²) in [5.41, 5.74) is 2.70. The number of carbonyl (C=O) groups excluding carboxylic acids is 1. The smallest absolute Gasteiger partial charge is 0.234 e. The number of nitrogens with one attached hydrogen (secondary N) is 1. The second-order valence-electron chi connectivity index (χ2n) is 2.78. The summed E-state index contributed by atoms with van der Waals surface area (Å²) in [5, 5.41) is 10.2. The van der Waals surface area contributed by atoms with E-state index < -0.39 is 0 Å². The molecule has 0 saturated heterocycles. The highest BCUT2D eigenvalue weighted by Gasteiger charge is 2.02. The fraction of sp³-hybridized carbons (Fsp3) is 0.875. The lowest BCUT2D eigenvalue weighted by Crippen LogP contribution is -2.39. The molecule has 4 heteroatoms. The molecule has 0 rings (SSSR count). The summed E-state index contributed by atoms with van der Waals surface area (Å²) < 4.78 is 0. The first-order chi connectivity index (χ1) is 5.70. The van der Waals surface area contributed by atoms with E-state index >= 15 is 0 Å². The first kappa shape index (κ1) is 11.4. The number of hydrogen-bond donors (Lipinski definition) is 2. The zero-order chi connectivity index (χ0) is 9.40. The molecule has 4 nitrogen and oxygen atoms in total. The van der Waals surface area contributed by atoms with Gasteiger partial charge in [0.2, 0.25) is 5.91 Å². The number of amides is 1. The van der Waals surface area contributed by atoms with E-state index in [4.69, 9.17) is 5.11 Å². The second kappa shape index (κ2) is 7.06. The molecule has 0 aliphatic rings. The molecule has 0 aliphatic heterocycles. The lowest BCUT2D eigenvalue weighted by molar-refractivity contribution is -0.125. The molecule has 2 N–H and O–H groups in total. The number of hydrazine groups is 1. The van der Waals surface area contributed by atoms with Crippen LogP contribution in [0.4, 0.5) is 0 Å². The zero-order valence-corrected chi connectivity index (χ0v) is 7.84. The maximum Gasteiger partial charge on any atom is 0.234 e. The quantitative estimate of drug-likeness (QED) is 0.563. The Bertz CT molecular complexity index is 128. The van der Waals surface area contributed by atoms with Crippen LogP contribution in [0.3, 0.4) is 0 Å². The van der Waals surface area contributed by atoms with E-state index in [1.165, 1.54) is 0 Å². The molecule has 12 heavy (non-hydrogen) atoms. The molecule has 0 fully saturated rings. The van der Waals surface area contributed by atoms with Crippen LogP contribution in [-0.4, -0.2) is 36.2 Å². The van der Waals surface area contributed by atoms with Crippen LogP contribution >= 0.6 is 0 Å². The third-order valence-electron chi connectivity index (χ3n) is 1.44. The van der Waals surface area contributed by atoms with Gasteiger partial charge in [-0.2, -0.15) is 0 Å². The van der Waals surface area contributed by atoms with Gasteiger partial charge in [-0.05, 0) is 12.8 Å². The van der Waals surface area contributed by atoms with E-state index in [2.05, 4.69) is 12.3 Å². The summed E-state index contributed by atoms with van der Waals surface area (Å²) in [6.45, 7) is 2.98. The van der Waals surface area contributed by atoms with Crippen LogP contribution < -0.4 is 5.43 Å². The van der Waals surface area contributed by atoms with Crippen molar-refractivity contribution in [1.29, 1.82) is 0 Å². The Hall–Kier alpha value is -0.610. The molecule has 0 atom stereocenters. The van der Waals surface area contributed by atoms with Gasteiger partial charge in [-0.3, -0.25) is 10.2 Å². The molecular weight excluding hydrogens is 156 g/mol. The standard InChI is InChI=1S/C8H18N2O2/c1-3-6-10(2)9-8(12)5-4-7-11/h11H,3-7H2,1-2H3,(H,9,12). The van der Waals surface area contributed by atoms with Gasteiger partial charge in [-0.15, -0.1) is 0 Å². The van der Waals surface area contributed by atoms with Crippen LogP contribution in [0, 0.1) is 0 Å². The molecule has 0 bridgehead atoms. The number of carbonyl (C=O) groups is 1. The molecule has 0 aromatic carbocycles. The Morgan fingerprint density at radius 3 is 2.75 bits per heavy atom. The first-order valence-corrected chi connectivity index (χ1v) is 4.32. The fourth-order valence-electron chi connectivity index (χ4n) is 0.900. The van der Waals surface area contributed by atoms with Crippen molar-refractivity contribution in [2.24, 2.45) is 0 Å². The highest BCUT2D eigenvalue weighted by molar-refractivity contribution is 5.75. The minimum atomic E-state index is -0.0278. The van der Waals surface area contributed by atoms with Gasteiger partial charge in [0, 0.05) is 26.6 Å². The normalized spacial score (nSPS) is 10.3. The van der Waals surface area contributed by atoms with Crippen LogP contribution in [0.25, 0.3) is 0 Å². The summed E-state index contributed by atoms with van der Waals surface area (Å²) in [6.07, 6.45) is 1.94. The molecule has 0 aliphatic carbocycles. The molecule has 1 amide bonds. The van der Waals surface area contributed by atoms with Crippen LogP contribution in [0.2, 0.25) is 0 Å². The summed E-state index contributed by atoms with van der Waals surface area (Å²) in [5.74, 6) is -0.0278. The van der Waals surface area contributed by atoms with Crippen LogP contribution in [0.5, 0.6) is 0 Å². The Labute approximate surface area is 73.5 Å². The molecule has 0 aromatic rings. The minimum Gasteiger partial charge on any atom is -0.396 e. The molecule has 0 heterocycles. The maximum atomic E-state index is 11.0. The third kappa shape index (κ3) is 6.12. The van der Waals surface area contributed by atoms with Crippen molar-refractivity contribution in [2.45, 2.75) is 26.2 Å². The minimum absolute atomic E-state index is 0.0278. The highest BCUT2D eigenvalue weighted by Crippen LogP contribution is 1.88. The van der Waals surface area contributed by atoms with Crippen LogP contribution in [0.15, 0.2) is 0 Å². The Morgan fingerprint density at radius 1 is 1.58 bits per heavy atom. The number of nitrogens with zero attached hydrogens (tertiary/aromatic N) is 1. The molecule has 0 aromatic heterocycles.